The smallest absolute Gasteiger partial charge is 0.319 e. The van der Waals surface area contributed by atoms with Crippen LogP contribution in [0.5, 0.6) is 0 Å². The summed E-state index contributed by atoms with van der Waals surface area (Å²) in [6, 6.07) is 2.08. The first-order chi connectivity index (χ1) is 8.85. The van der Waals surface area contributed by atoms with Crippen LogP contribution >= 0.6 is 0 Å². The number of rotatable bonds is 3. The molecule has 1 aliphatic rings. The summed E-state index contributed by atoms with van der Waals surface area (Å²) in [7, 11) is 1.34. The Bertz CT molecular complexity index is 540. The van der Waals surface area contributed by atoms with Gasteiger partial charge in [-0.3, -0.25) is 9.59 Å². The van der Waals surface area contributed by atoms with Crippen LogP contribution in [0.1, 0.15) is 45.5 Å². The van der Waals surface area contributed by atoms with Gasteiger partial charge in [-0.25, -0.2) is 0 Å². The van der Waals surface area contributed by atoms with Crippen LogP contribution in [0, 0.1) is 33.1 Å². The lowest BCUT2D eigenvalue weighted by molar-refractivity contribution is -0.145. The highest BCUT2D eigenvalue weighted by molar-refractivity contribution is 6.16. The first kappa shape index (κ1) is 13.8. The number of carbonyl (C=O) groups is 2. The molecule has 1 saturated carbocycles. The van der Waals surface area contributed by atoms with E-state index in [0.717, 1.165) is 22.3 Å². The topological polar surface area (TPSA) is 43.4 Å². The van der Waals surface area contributed by atoms with Crippen molar-refractivity contribution in [3.63, 3.8) is 0 Å². The van der Waals surface area contributed by atoms with Crippen molar-refractivity contribution in [2.75, 3.05) is 7.11 Å². The van der Waals surface area contributed by atoms with Crippen molar-refractivity contribution >= 4 is 11.8 Å². The third kappa shape index (κ3) is 1.97. The van der Waals surface area contributed by atoms with E-state index in [4.69, 9.17) is 4.74 Å². The van der Waals surface area contributed by atoms with Crippen LogP contribution in [0.15, 0.2) is 6.07 Å². The van der Waals surface area contributed by atoms with Gasteiger partial charge in [-0.05, 0) is 62.8 Å². The van der Waals surface area contributed by atoms with Gasteiger partial charge in [0.15, 0.2) is 5.78 Å². The van der Waals surface area contributed by atoms with Gasteiger partial charge >= 0.3 is 5.97 Å². The minimum absolute atomic E-state index is 0.0684. The molecule has 0 amide bonds. The Morgan fingerprint density at radius 1 is 1.05 bits per heavy atom. The summed E-state index contributed by atoms with van der Waals surface area (Å²) in [5.41, 5.74) is 3.93. The number of Topliss-reactive ketones (excluding diaryl/α,β-unsaturated/α-hetero) is 1. The number of esters is 1. The highest BCUT2D eigenvalue weighted by atomic mass is 16.5. The van der Waals surface area contributed by atoms with E-state index in [-0.39, 0.29) is 5.78 Å². The molecule has 0 N–H and O–H groups in total. The molecule has 0 aromatic heterocycles. The van der Waals surface area contributed by atoms with Crippen LogP contribution in [0.4, 0.5) is 0 Å². The number of hydrogen-bond donors (Lipinski definition) is 0. The fourth-order valence-corrected chi connectivity index (χ4v) is 2.64. The number of ketones is 1. The van der Waals surface area contributed by atoms with Crippen molar-refractivity contribution in [2.45, 2.75) is 40.5 Å². The summed E-state index contributed by atoms with van der Waals surface area (Å²) in [4.78, 5) is 24.6. The summed E-state index contributed by atoms with van der Waals surface area (Å²) < 4.78 is 4.80. The maximum absolute atomic E-state index is 12.8. The molecular formula is C16H20O3. The van der Waals surface area contributed by atoms with Gasteiger partial charge in [0.05, 0.1) is 7.11 Å². The SMILES string of the molecule is COC(=O)C1(C(=O)c2c(C)c(C)cc(C)c2C)CC1. The predicted octanol–water partition coefficient (Wildman–Crippen LogP) is 3.06. The summed E-state index contributed by atoms with van der Waals surface area (Å²) in [5, 5.41) is 0. The van der Waals surface area contributed by atoms with E-state index in [1.54, 1.807) is 0 Å². The van der Waals surface area contributed by atoms with E-state index < -0.39 is 11.4 Å². The van der Waals surface area contributed by atoms with E-state index >= 15 is 0 Å². The molecular weight excluding hydrogens is 240 g/mol. The number of hydrogen-bond acceptors (Lipinski definition) is 3. The molecule has 0 radical (unpaired) electrons. The summed E-state index contributed by atoms with van der Waals surface area (Å²) >= 11 is 0. The maximum Gasteiger partial charge on any atom is 0.319 e. The van der Waals surface area contributed by atoms with Crippen LogP contribution in [0.3, 0.4) is 0 Å². The standard InChI is InChI=1S/C16H20O3/c1-9-8-10(2)12(4)13(11(9)3)14(17)16(6-7-16)15(18)19-5/h8H,6-7H2,1-5H3. The number of ether oxygens (including phenoxy) is 1. The minimum Gasteiger partial charge on any atom is -0.468 e. The Morgan fingerprint density at radius 2 is 1.53 bits per heavy atom. The minimum atomic E-state index is -0.912. The number of aryl methyl sites for hydroxylation is 2. The lowest BCUT2D eigenvalue weighted by atomic mass is 9.85. The Balaban J connectivity index is 2.55. The van der Waals surface area contributed by atoms with Crippen LogP contribution in [0.2, 0.25) is 0 Å². The first-order valence-electron chi connectivity index (χ1n) is 6.56. The Labute approximate surface area is 114 Å². The predicted molar refractivity (Wildman–Crippen MR) is 73.4 cm³/mol. The lowest BCUT2D eigenvalue weighted by Gasteiger charge is -2.18. The molecule has 0 saturated heterocycles. The molecule has 0 atom stereocenters. The third-order valence-corrected chi connectivity index (χ3v) is 4.35. The molecule has 2 rings (SSSR count). The first-order valence-corrected chi connectivity index (χ1v) is 6.56. The fourth-order valence-electron chi connectivity index (χ4n) is 2.64. The van der Waals surface area contributed by atoms with Gasteiger partial charge in [-0.15, -0.1) is 0 Å². The maximum atomic E-state index is 12.8. The molecule has 1 aromatic rings. The van der Waals surface area contributed by atoms with Gasteiger partial charge in [0.1, 0.15) is 5.41 Å². The Hall–Kier alpha value is -1.64. The molecule has 1 aromatic carbocycles. The highest BCUT2D eigenvalue weighted by Gasteiger charge is 2.58. The molecule has 0 unspecified atom stereocenters. The fraction of sp³-hybridized carbons (Fsp3) is 0.500. The highest BCUT2D eigenvalue weighted by Crippen LogP contribution is 2.50. The van der Waals surface area contributed by atoms with Crippen molar-refractivity contribution in [1.82, 2.24) is 0 Å². The average molecular weight is 260 g/mol. The number of methoxy groups -OCH3 is 1. The normalized spacial score (nSPS) is 16.1. The van der Waals surface area contributed by atoms with Gasteiger partial charge in [-0.2, -0.15) is 0 Å². The number of benzene rings is 1. The van der Waals surface area contributed by atoms with Crippen molar-refractivity contribution < 1.29 is 14.3 Å². The van der Waals surface area contributed by atoms with Crippen molar-refractivity contribution in [1.29, 1.82) is 0 Å². The van der Waals surface area contributed by atoms with Crippen molar-refractivity contribution in [2.24, 2.45) is 5.41 Å². The van der Waals surface area contributed by atoms with Crippen LogP contribution in [-0.4, -0.2) is 18.9 Å². The van der Waals surface area contributed by atoms with E-state index in [0.29, 0.717) is 18.4 Å². The second kappa shape index (κ2) is 4.48. The van der Waals surface area contributed by atoms with E-state index in [1.165, 1.54) is 7.11 Å². The van der Waals surface area contributed by atoms with Gasteiger partial charge in [0, 0.05) is 5.56 Å². The number of carbonyl (C=O) groups excluding carboxylic acids is 2. The van der Waals surface area contributed by atoms with E-state index in [9.17, 15) is 9.59 Å². The summed E-state index contributed by atoms with van der Waals surface area (Å²) in [6.07, 6.45) is 1.20. The Morgan fingerprint density at radius 3 is 1.89 bits per heavy atom. The van der Waals surface area contributed by atoms with Gasteiger partial charge in [0.2, 0.25) is 0 Å². The van der Waals surface area contributed by atoms with E-state index in [1.807, 2.05) is 27.7 Å². The second-order valence-electron chi connectivity index (χ2n) is 5.54. The molecule has 0 aliphatic heterocycles. The van der Waals surface area contributed by atoms with Crippen LogP contribution in [0.25, 0.3) is 0 Å². The van der Waals surface area contributed by atoms with Crippen LogP contribution < -0.4 is 0 Å². The molecule has 3 nitrogen and oxygen atoms in total. The zero-order valence-electron chi connectivity index (χ0n) is 12.2. The van der Waals surface area contributed by atoms with Crippen LogP contribution in [-0.2, 0) is 9.53 Å². The molecule has 0 heterocycles. The quantitative estimate of drug-likeness (QED) is 0.476. The molecule has 1 fully saturated rings. The van der Waals surface area contributed by atoms with E-state index in [2.05, 4.69) is 6.07 Å². The van der Waals surface area contributed by atoms with Crippen molar-refractivity contribution in [3.8, 4) is 0 Å². The average Bonchev–Trinajstić information content (AvgIpc) is 3.17. The summed E-state index contributed by atoms with van der Waals surface area (Å²) in [5.74, 6) is -0.461. The molecule has 0 spiro atoms. The largest absolute Gasteiger partial charge is 0.468 e. The van der Waals surface area contributed by atoms with Gasteiger partial charge < -0.3 is 4.74 Å². The van der Waals surface area contributed by atoms with Crippen molar-refractivity contribution in [3.05, 3.63) is 33.9 Å². The molecule has 19 heavy (non-hydrogen) atoms. The van der Waals surface area contributed by atoms with Gasteiger partial charge in [0.25, 0.3) is 0 Å². The molecule has 0 bridgehead atoms. The Kier molecular flexibility index (Phi) is 3.25. The zero-order chi connectivity index (χ0) is 14.4. The molecule has 3 heteroatoms. The third-order valence-electron chi connectivity index (χ3n) is 4.35. The lowest BCUT2D eigenvalue weighted by Crippen LogP contribution is -2.28. The molecule has 102 valence electrons. The summed E-state index contributed by atoms with van der Waals surface area (Å²) in [6.45, 7) is 7.89. The zero-order valence-corrected chi connectivity index (χ0v) is 12.2. The van der Waals surface area contributed by atoms with Gasteiger partial charge in [-0.1, -0.05) is 6.07 Å². The second-order valence-corrected chi connectivity index (χ2v) is 5.54. The monoisotopic (exact) mass is 260 g/mol. The molecule has 1 aliphatic carbocycles.